The molecule has 3 atom stereocenters. The first-order valence-electron chi connectivity index (χ1n) is 7.20. The highest BCUT2D eigenvalue weighted by Crippen LogP contribution is 2.52. The standard InChI is InChI=1S/C15H15Cl2N3O/c16-11-5-9(6-12(17)13(11)18)15-19-14(20-21-15)10-4-7-1-2-8(10)3-7/h5-8,10H,1-4,18H2. The lowest BCUT2D eigenvalue weighted by Crippen LogP contribution is -2.09. The van der Waals surface area contributed by atoms with Crippen molar-refractivity contribution < 1.29 is 4.52 Å². The second-order valence-corrected chi connectivity index (χ2v) is 6.91. The van der Waals surface area contributed by atoms with Gasteiger partial charge in [0.05, 0.1) is 15.7 Å². The third kappa shape index (κ3) is 2.21. The number of rotatable bonds is 2. The van der Waals surface area contributed by atoms with Gasteiger partial charge in [-0.2, -0.15) is 4.98 Å². The van der Waals surface area contributed by atoms with Gasteiger partial charge in [-0.05, 0) is 43.2 Å². The Morgan fingerprint density at radius 2 is 1.90 bits per heavy atom. The zero-order chi connectivity index (χ0) is 14.6. The Morgan fingerprint density at radius 1 is 1.14 bits per heavy atom. The Morgan fingerprint density at radius 3 is 2.52 bits per heavy atom. The third-order valence-electron chi connectivity index (χ3n) is 4.84. The number of hydrogen-bond donors (Lipinski definition) is 1. The predicted molar refractivity (Wildman–Crippen MR) is 82.4 cm³/mol. The summed E-state index contributed by atoms with van der Waals surface area (Å²) in [7, 11) is 0. The molecule has 21 heavy (non-hydrogen) atoms. The van der Waals surface area contributed by atoms with Crippen molar-refractivity contribution in [1.82, 2.24) is 10.1 Å². The summed E-state index contributed by atoms with van der Waals surface area (Å²) in [5.74, 6) is 3.29. The molecule has 110 valence electrons. The van der Waals surface area contributed by atoms with Crippen LogP contribution < -0.4 is 5.73 Å². The van der Waals surface area contributed by atoms with Gasteiger partial charge in [0.25, 0.3) is 5.89 Å². The lowest BCUT2D eigenvalue weighted by Gasteiger charge is -2.17. The number of hydrogen-bond acceptors (Lipinski definition) is 4. The highest BCUT2D eigenvalue weighted by molar-refractivity contribution is 6.39. The summed E-state index contributed by atoms with van der Waals surface area (Å²) in [6.07, 6.45) is 5.15. The monoisotopic (exact) mass is 323 g/mol. The Hall–Kier alpha value is -1.26. The Labute approximate surface area is 132 Å². The van der Waals surface area contributed by atoms with Gasteiger partial charge in [0.1, 0.15) is 0 Å². The number of halogens is 2. The molecular formula is C15H15Cl2N3O. The average molecular weight is 324 g/mol. The van der Waals surface area contributed by atoms with Gasteiger partial charge in [0, 0.05) is 11.5 Å². The maximum atomic E-state index is 6.06. The second-order valence-electron chi connectivity index (χ2n) is 6.09. The molecule has 1 aromatic heterocycles. The van der Waals surface area contributed by atoms with E-state index < -0.39 is 0 Å². The van der Waals surface area contributed by atoms with Crippen LogP contribution in [0.4, 0.5) is 5.69 Å². The molecule has 4 rings (SSSR count). The summed E-state index contributed by atoms with van der Waals surface area (Å²) in [5.41, 5.74) is 6.82. The van der Waals surface area contributed by atoms with E-state index in [0.717, 1.165) is 17.7 Å². The van der Waals surface area contributed by atoms with Crippen LogP contribution in [0.25, 0.3) is 11.5 Å². The van der Waals surface area contributed by atoms with Crippen molar-refractivity contribution in [3.63, 3.8) is 0 Å². The van der Waals surface area contributed by atoms with Crippen LogP contribution in [0.5, 0.6) is 0 Å². The molecule has 0 saturated heterocycles. The van der Waals surface area contributed by atoms with Gasteiger partial charge < -0.3 is 10.3 Å². The molecule has 0 radical (unpaired) electrons. The molecule has 2 aromatic rings. The summed E-state index contributed by atoms with van der Waals surface area (Å²) in [5, 5.41) is 4.97. The van der Waals surface area contributed by atoms with Crippen LogP contribution in [0, 0.1) is 11.8 Å². The van der Waals surface area contributed by atoms with Crippen molar-refractivity contribution in [2.45, 2.75) is 31.6 Å². The molecule has 2 saturated carbocycles. The van der Waals surface area contributed by atoms with Crippen molar-refractivity contribution in [2.75, 3.05) is 5.73 Å². The van der Waals surface area contributed by atoms with E-state index in [1.165, 1.54) is 25.7 Å². The smallest absolute Gasteiger partial charge is 0.258 e. The minimum absolute atomic E-state index is 0.370. The Balaban J connectivity index is 1.65. The molecule has 2 N–H and O–H groups in total. The first kappa shape index (κ1) is 13.4. The molecule has 3 unspecified atom stereocenters. The maximum absolute atomic E-state index is 6.06. The molecule has 0 amide bonds. The van der Waals surface area contributed by atoms with E-state index in [2.05, 4.69) is 10.1 Å². The van der Waals surface area contributed by atoms with E-state index >= 15 is 0 Å². The average Bonchev–Trinajstić information content (AvgIpc) is 3.18. The minimum atomic E-state index is 0.370. The van der Waals surface area contributed by atoms with Gasteiger partial charge >= 0.3 is 0 Å². The SMILES string of the molecule is Nc1c(Cl)cc(-c2nc(C3CC4CCC3C4)no2)cc1Cl. The maximum Gasteiger partial charge on any atom is 0.258 e. The van der Waals surface area contributed by atoms with Crippen molar-refractivity contribution in [2.24, 2.45) is 11.8 Å². The number of fused-ring (bicyclic) bond motifs is 2. The lowest BCUT2D eigenvalue weighted by molar-refractivity contribution is 0.372. The zero-order valence-corrected chi connectivity index (χ0v) is 12.9. The molecule has 2 aliphatic rings. The van der Waals surface area contributed by atoms with Gasteiger partial charge in [-0.3, -0.25) is 0 Å². The fraction of sp³-hybridized carbons (Fsp3) is 0.467. The fourth-order valence-electron chi connectivity index (χ4n) is 3.77. The number of benzene rings is 1. The quantitative estimate of drug-likeness (QED) is 0.824. The van der Waals surface area contributed by atoms with Crippen LogP contribution in [0.2, 0.25) is 10.0 Å². The number of nitrogens with two attached hydrogens (primary N) is 1. The molecule has 6 heteroatoms. The summed E-state index contributed by atoms with van der Waals surface area (Å²) in [4.78, 5) is 4.56. The number of nitrogens with zero attached hydrogens (tertiary/aromatic N) is 2. The normalized spacial score (nSPS) is 27.4. The van der Waals surface area contributed by atoms with E-state index in [9.17, 15) is 0 Å². The highest BCUT2D eigenvalue weighted by atomic mass is 35.5. The third-order valence-corrected chi connectivity index (χ3v) is 5.46. The summed E-state index contributed by atoms with van der Waals surface area (Å²) >= 11 is 12.1. The molecule has 1 heterocycles. The van der Waals surface area contributed by atoms with Crippen molar-refractivity contribution >= 4 is 28.9 Å². The Bertz CT molecular complexity index is 677. The zero-order valence-electron chi connectivity index (χ0n) is 11.4. The van der Waals surface area contributed by atoms with E-state index in [1.807, 2.05) is 0 Å². The highest BCUT2D eigenvalue weighted by Gasteiger charge is 2.42. The van der Waals surface area contributed by atoms with Crippen molar-refractivity contribution in [3.05, 3.63) is 28.0 Å². The molecule has 2 fully saturated rings. The first-order chi connectivity index (χ1) is 10.1. The molecule has 1 aromatic carbocycles. The molecule has 4 nitrogen and oxygen atoms in total. The fourth-order valence-corrected chi connectivity index (χ4v) is 4.26. The topological polar surface area (TPSA) is 64.9 Å². The van der Waals surface area contributed by atoms with Crippen molar-refractivity contribution in [3.8, 4) is 11.5 Å². The van der Waals surface area contributed by atoms with Crippen LogP contribution in [0.3, 0.4) is 0 Å². The number of anilines is 1. The van der Waals surface area contributed by atoms with Gasteiger partial charge in [-0.1, -0.05) is 34.8 Å². The van der Waals surface area contributed by atoms with Crippen LogP contribution in [0.15, 0.2) is 16.7 Å². The Kier molecular flexibility index (Phi) is 3.12. The largest absolute Gasteiger partial charge is 0.396 e. The first-order valence-corrected chi connectivity index (χ1v) is 7.96. The van der Waals surface area contributed by atoms with Crippen molar-refractivity contribution in [1.29, 1.82) is 0 Å². The van der Waals surface area contributed by atoms with Gasteiger partial charge in [-0.25, -0.2) is 0 Å². The van der Waals surface area contributed by atoms with E-state index in [1.54, 1.807) is 12.1 Å². The van der Waals surface area contributed by atoms with Crippen LogP contribution in [0.1, 0.15) is 37.4 Å². The molecule has 2 bridgehead atoms. The van der Waals surface area contributed by atoms with E-state index in [0.29, 0.717) is 33.1 Å². The molecular weight excluding hydrogens is 309 g/mol. The van der Waals surface area contributed by atoms with Gasteiger partial charge in [-0.15, -0.1) is 0 Å². The van der Waals surface area contributed by atoms with Crippen LogP contribution >= 0.6 is 23.2 Å². The molecule has 2 aliphatic carbocycles. The molecule has 0 aliphatic heterocycles. The summed E-state index contributed by atoms with van der Waals surface area (Å²) in [6, 6.07) is 3.42. The van der Waals surface area contributed by atoms with Crippen LogP contribution in [-0.2, 0) is 0 Å². The number of aromatic nitrogens is 2. The van der Waals surface area contributed by atoms with E-state index in [-0.39, 0.29) is 0 Å². The van der Waals surface area contributed by atoms with E-state index in [4.69, 9.17) is 33.5 Å². The predicted octanol–water partition coefficient (Wildman–Crippen LogP) is 4.53. The van der Waals surface area contributed by atoms with Gasteiger partial charge in [0.2, 0.25) is 0 Å². The number of nitrogen functional groups attached to an aromatic ring is 1. The second kappa shape index (κ2) is 4.89. The van der Waals surface area contributed by atoms with Gasteiger partial charge in [0.15, 0.2) is 5.82 Å². The molecule has 0 spiro atoms. The van der Waals surface area contributed by atoms with Crippen LogP contribution in [-0.4, -0.2) is 10.1 Å². The summed E-state index contributed by atoms with van der Waals surface area (Å²) in [6.45, 7) is 0. The lowest BCUT2D eigenvalue weighted by atomic mass is 9.88. The summed E-state index contributed by atoms with van der Waals surface area (Å²) < 4.78 is 5.40. The minimum Gasteiger partial charge on any atom is -0.396 e.